The highest BCUT2D eigenvalue weighted by Gasteiger charge is 2.28. The molecular formula is C16H22Cl2N2O3S. The molecule has 1 aromatic rings. The molecule has 0 aliphatic carbocycles. The molecule has 0 radical (unpaired) electrons. The molecule has 0 atom stereocenters. The van der Waals surface area contributed by atoms with E-state index in [1.54, 1.807) is 12.1 Å². The summed E-state index contributed by atoms with van der Waals surface area (Å²) in [5, 5.41) is 3.67. The lowest BCUT2D eigenvalue weighted by molar-refractivity contribution is 0.0924. The Morgan fingerprint density at radius 3 is 2.50 bits per heavy atom. The number of halogens is 2. The normalized spacial score (nSPS) is 17.0. The van der Waals surface area contributed by atoms with Crippen molar-refractivity contribution in [3.63, 3.8) is 0 Å². The van der Waals surface area contributed by atoms with E-state index in [-0.39, 0.29) is 17.7 Å². The number of benzene rings is 1. The number of carbonyl (C=O) groups excluding carboxylic acids is 1. The number of hydrogen-bond acceptors (Lipinski definition) is 3. The van der Waals surface area contributed by atoms with Crippen LogP contribution in [0.25, 0.3) is 0 Å². The van der Waals surface area contributed by atoms with Crippen molar-refractivity contribution in [1.82, 2.24) is 9.62 Å². The lowest BCUT2D eigenvalue weighted by Gasteiger charge is -2.31. The molecule has 0 spiro atoms. The number of amides is 1. The Kier molecular flexibility index (Phi) is 6.92. The first-order valence-corrected chi connectivity index (χ1v) is 10.4. The molecule has 1 amide bonds. The van der Waals surface area contributed by atoms with Gasteiger partial charge in [0.15, 0.2) is 0 Å². The van der Waals surface area contributed by atoms with Crippen LogP contribution in [0.3, 0.4) is 0 Å². The summed E-state index contributed by atoms with van der Waals surface area (Å²) in [5.41, 5.74) is 0.447. The molecule has 1 aliphatic rings. The second-order valence-corrected chi connectivity index (χ2v) is 8.85. The third-order valence-electron chi connectivity index (χ3n) is 4.12. The van der Waals surface area contributed by atoms with E-state index in [9.17, 15) is 13.2 Å². The highest BCUT2D eigenvalue weighted by molar-refractivity contribution is 7.89. The Bertz CT molecular complexity index is 687. The van der Waals surface area contributed by atoms with Crippen LogP contribution in [0.4, 0.5) is 0 Å². The molecule has 0 unspecified atom stereocenters. The van der Waals surface area contributed by atoms with E-state index in [0.717, 1.165) is 6.42 Å². The van der Waals surface area contributed by atoms with Gasteiger partial charge in [0.25, 0.3) is 5.91 Å². The minimum Gasteiger partial charge on any atom is -0.349 e. The number of rotatable bonds is 6. The second kappa shape index (κ2) is 8.52. The maximum atomic E-state index is 12.3. The lowest BCUT2D eigenvalue weighted by atomic mass is 10.1. The number of piperidine rings is 1. The van der Waals surface area contributed by atoms with Gasteiger partial charge in [-0.25, -0.2) is 12.7 Å². The van der Waals surface area contributed by atoms with E-state index < -0.39 is 10.0 Å². The highest BCUT2D eigenvalue weighted by atomic mass is 35.5. The fourth-order valence-electron chi connectivity index (χ4n) is 2.64. The molecule has 8 heteroatoms. The van der Waals surface area contributed by atoms with Crippen LogP contribution >= 0.6 is 23.2 Å². The van der Waals surface area contributed by atoms with Crippen LogP contribution in [0.2, 0.25) is 10.0 Å². The van der Waals surface area contributed by atoms with Gasteiger partial charge in [-0.05, 0) is 37.5 Å². The van der Waals surface area contributed by atoms with Crippen LogP contribution in [0, 0.1) is 0 Å². The van der Waals surface area contributed by atoms with Gasteiger partial charge in [0, 0.05) is 24.7 Å². The molecule has 1 saturated heterocycles. The fourth-order valence-corrected chi connectivity index (χ4v) is 4.62. The van der Waals surface area contributed by atoms with Crippen molar-refractivity contribution in [2.75, 3.05) is 18.8 Å². The number of hydrogen-bond donors (Lipinski definition) is 1. The van der Waals surface area contributed by atoms with Gasteiger partial charge in [-0.2, -0.15) is 0 Å². The molecule has 0 bridgehead atoms. The number of nitrogens with zero attached hydrogens (tertiary/aromatic N) is 1. The largest absolute Gasteiger partial charge is 0.349 e. The van der Waals surface area contributed by atoms with E-state index in [2.05, 4.69) is 5.32 Å². The monoisotopic (exact) mass is 392 g/mol. The minimum atomic E-state index is -3.17. The third kappa shape index (κ3) is 5.09. The van der Waals surface area contributed by atoms with Crippen LogP contribution in [-0.4, -0.2) is 43.5 Å². The summed E-state index contributed by atoms with van der Waals surface area (Å²) in [6.07, 6.45) is 2.75. The smallest absolute Gasteiger partial charge is 0.251 e. The first-order chi connectivity index (χ1) is 11.3. The summed E-state index contributed by atoms with van der Waals surface area (Å²) in [7, 11) is -3.17. The maximum Gasteiger partial charge on any atom is 0.251 e. The Morgan fingerprint density at radius 1 is 1.25 bits per heavy atom. The van der Waals surface area contributed by atoms with Gasteiger partial charge < -0.3 is 5.32 Å². The van der Waals surface area contributed by atoms with Crippen LogP contribution in [0.5, 0.6) is 0 Å². The molecule has 1 heterocycles. The summed E-state index contributed by atoms with van der Waals surface area (Å²) in [6, 6.07) is 4.70. The zero-order valence-corrected chi connectivity index (χ0v) is 15.9. The van der Waals surface area contributed by atoms with Gasteiger partial charge in [0.2, 0.25) is 10.0 Å². The molecule has 5 nitrogen and oxygen atoms in total. The Morgan fingerprint density at radius 2 is 1.92 bits per heavy atom. The van der Waals surface area contributed by atoms with E-state index in [4.69, 9.17) is 23.2 Å². The highest BCUT2D eigenvalue weighted by Crippen LogP contribution is 2.23. The Hall–Kier alpha value is -0.820. The zero-order chi connectivity index (χ0) is 17.7. The van der Waals surface area contributed by atoms with Crippen molar-refractivity contribution in [1.29, 1.82) is 0 Å². The first-order valence-electron chi connectivity index (χ1n) is 8.07. The maximum absolute atomic E-state index is 12.3. The van der Waals surface area contributed by atoms with Gasteiger partial charge in [-0.3, -0.25) is 4.79 Å². The molecular weight excluding hydrogens is 371 g/mol. The van der Waals surface area contributed by atoms with Gasteiger partial charge in [0.05, 0.1) is 15.8 Å². The Balaban J connectivity index is 1.88. The molecule has 2 rings (SSSR count). The topological polar surface area (TPSA) is 66.5 Å². The van der Waals surface area contributed by atoms with Crippen molar-refractivity contribution in [2.24, 2.45) is 0 Å². The van der Waals surface area contributed by atoms with Crippen molar-refractivity contribution in [2.45, 2.75) is 38.6 Å². The summed E-state index contributed by atoms with van der Waals surface area (Å²) >= 11 is 11.8. The van der Waals surface area contributed by atoms with Crippen LogP contribution in [0.1, 0.15) is 43.0 Å². The van der Waals surface area contributed by atoms with E-state index in [1.807, 2.05) is 6.92 Å². The van der Waals surface area contributed by atoms with E-state index in [0.29, 0.717) is 48.0 Å². The first kappa shape index (κ1) is 19.5. The number of unbranched alkanes of at least 4 members (excludes halogenated alkanes) is 1. The molecule has 1 N–H and O–H groups in total. The predicted molar refractivity (Wildman–Crippen MR) is 97.2 cm³/mol. The molecule has 24 heavy (non-hydrogen) atoms. The summed E-state index contributed by atoms with van der Waals surface area (Å²) in [4.78, 5) is 12.3. The van der Waals surface area contributed by atoms with Crippen molar-refractivity contribution >= 4 is 39.1 Å². The van der Waals surface area contributed by atoms with Crippen molar-refractivity contribution < 1.29 is 13.2 Å². The molecule has 134 valence electrons. The Labute approximate surface area is 153 Å². The fraction of sp³-hybridized carbons (Fsp3) is 0.562. The van der Waals surface area contributed by atoms with Crippen LogP contribution in [-0.2, 0) is 10.0 Å². The zero-order valence-electron chi connectivity index (χ0n) is 13.6. The second-order valence-electron chi connectivity index (χ2n) is 5.95. The van der Waals surface area contributed by atoms with Gasteiger partial charge >= 0.3 is 0 Å². The molecule has 1 aromatic carbocycles. The predicted octanol–water partition coefficient (Wildman–Crippen LogP) is 3.32. The average Bonchev–Trinajstić information content (AvgIpc) is 2.56. The molecule has 0 saturated carbocycles. The number of carbonyl (C=O) groups is 1. The molecule has 1 fully saturated rings. The van der Waals surface area contributed by atoms with Crippen LogP contribution < -0.4 is 5.32 Å². The number of nitrogens with one attached hydrogen (secondary N) is 1. The summed E-state index contributed by atoms with van der Waals surface area (Å²) < 4.78 is 25.9. The molecule has 1 aliphatic heterocycles. The van der Waals surface area contributed by atoms with Crippen molar-refractivity contribution in [3.8, 4) is 0 Å². The van der Waals surface area contributed by atoms with E-state index >= 15 is 0 Å². The molecule has 0 aromatic heterocycles. The minimum absolute atomic E-state index is 0.0374. The SMILES string of the molecule is CCCCS(=O)(=O)N1CCC(NC(=O)c2ccc(Cl)c(Cl)c2)CC1. The quantitative estimate of drug-likeness (QED) is 0.807. The summed E-state index contributed by atoms with van der Waals surface area (Å²) in [6.45, 7) is 2.86. The van der Waals surface area contributed by atoms with Crippen LogP contribution in [0.15, 0.2) is 18.2 Å². The average molecular weight is 393 g/mol. The number of sulfonamides is 1. The van der Waals surface area contributed by atoms with E-state index in [1.165, 1.54) is 10.4 Å². The lowest BCUT2D eigenvalue weighted by Crippen LogP contribution is -2.47. The van der Waals surface area contributed by atoms with Gasteiger partial charge in [0.1, 0.15) is 0 Å². The standard InChI is InChI=1S/C16H22Cl2N2O3S/c1-2-3-10-24(22,23)20-8-6-13(7-9-20)19-16(21)12-4-5-14(17)15(18)11-12/h4-5,11,13H,2-3,6-10H2,1H3,(H,19,21). The van der Waals surface area contributed by atoms with Gasteiger partial charge in [-0.15, -0.1) is 0 Å². The van der Waals surface area contributed by atoms with Gasteiger partial charge in [-0.1, -0.05) is 36.5 Å². The summed E-state index contributed by atoms with van der Waals surface area (Å²) in [5.74, 6) is -0.0232. The third-order valence-corrected chi connectivity index (χ3v) is 6.82. The van der Waals surface area contributed by atoms with Crippen molar-refractivity contribution in [3.05, 3.63) is 33.8 Å².